The van der Waals surface area contributed by atoms with E-state index in [1.54, 1.807) is 38.5 Å². The average Bonchev–Trinajstić information content (AvgIpc) is 3.12. The smallest absolute Gasteiger partial charge is 0.269 e. The number of H-pyrrole nitrogens is 1. The van der Waals surface area contributed by atoms with Crippen molar-refractivity contribution in [3.8, 4) is 11.4 Å². The molecule has 29 heavy (non-hydrogen) atoms. The van der Waals surface area contributed by atoms with Crippen molar-refractivity contribution in [1.29, 1.82) is 0 Å². The normalized spacial score (nSPS) is 10.9. The molecule has 0 radical (unpaired) electrons. The maximum absolute atomic E-state index is 13.4. The van der Waals surface area contributed by atoms with Crippen molar-refractivity contribution in [1.82, 2.24) is 24.8 Å². The lowest BCUT2D eigenvalue weighted by Gasteiger charge is -2.08. The molecule has 0 aliphatic carbocycles. The van der Waals surface area contributed by atoms with Crippen LogP contribution >= 0.6 is 0 Å². The standard InChI is InChI=1S/C21H19FN6O/c1-12-9-14(10-13-11-17(26-19(12)13)20(29)28(2)3)24-21-23-8-7-16(27-21)15-5-4-6-18(22)25-15/h4-11,26H,1-3H3,(H,23,24,27). The van der Waals surface area contributed by atoms with E-state index in [1.165, 1.54) is 11.0 Å². The molecule has 0 unspecified atom stereocenters. The maximum atomic E-state index is 13.4. The van der Waals surface area contributed by atoms with Gasteiger partial charge in [-0.05, 0) is 48.9 Å². The minimum Gasteiger partial charge on any atom is -0.350 e. The number of anilines is 2. The Labute approximate surface area is 166 Å². The predicted octanol–water partition coefficient (Wildman–Crippen LogP) is 3.91. The highest BCUT2D eigenvalue weighted by Crippen LogP contribution is 2.26. The average molecular weight is 390 g/mol. The Morgan fingerprint density at radius 3 is 2.66 bits per heavy atom. The van der Waals surface area contributed by atoms with Crippen molar-refractivity contribution in [3.63, 3.8) is 0 Å². The number of rotatable bonds is 4. The van der Waals surface area contributed by atoms with E-state index in [0.29, 0.717) is 23.0 Å². The van der Waals surface area contributed by atoms with E-state index < -0.39 is 5.95 Å². The SMILES string of the molecule is Cc1cc(Nc2nccc(-c3cccc(F)n3)n2)cc2cc(C(=O)N(C)C)[nH]c12. The number of carbonyl (C=O) groups is 1. The Bertz CT molecular complexity index is 1220. The van der Waals surface area contributed by atoms with E-state index in [0.717, 1.165) is 22.2 Å². The summed E-state index contributed by atoms with van der Waals surface area (Å²) in [5, 5.41) is 4.07. The van der Waals surface area contributed by atoms with Gasteiger partial charge in [0.15, 0.2) is 0 Å². The summed E-state index contributed by atoms with van der Waals surface area (Å²) in [5.74, 6) is -0.284. The fourth-order valence-corrected chi connectivity index (χ4v) is 3.10. The number of hydrogen-bond donors (Lipinski definition) is 2. The van der Waals surface area contributed by atoms with Gasteiger partial charge in [-0.15, -0.1) is 0 Å². The molecule has 3 heterocycles. The lowest BCUT2D eigenvalue weighted by atomic mass is 10.1. The molecule has 7 nitrogen and oxygen atoms in total. The van der Waals surface area contributed by atoms with E-state index in [4.69, 9.17) is 0 Å². The number of aromatic amines is 1. The molecule has 0 saturated heterocycles. The summed E-state index contributed by atoms with van der Waals surface area (Å²) in [6, 6.07) is 11.9. The fourth-order valence-electron chi connectivity index (χ4n) is 3.10. The van der Waals surface area contributed by atoms with E-state index >= 15 is 0 Å². The number of aromatic nitrogens is 4. The summed E-state index contributed by atoms with van der Waals surface area (Å²) < 4.78 is 13.4. The number of fused-ring (bicyclic) bond motifs is 1. The Morgan fingerprint density at radius 2 is 1.90 bits per heavy atom. The molecule has 4 rings (SSSR count). The third-order valence-electron chi connectivity index (χ3n) is 4.45. The minimum atomic E-state index is -0.563. The topological polar surface area (TPSA) is 86.8 Å². The molecule has 0 fully saturated rings. The van der Waals surface area contributed by atoms with Crippen LogP contribution in [0.3, 0.4) is 0 Å². The first-order valence-corrected chi connectivity index (χ1v) is 8.99. The van der Waals surface area contributed by atoms with Crippen LogP contribution in [0, 0.1) is 12.9 Å². The lowest BCUT2D eigenvalue weighted by Crippen LogP contribution is -2.21. The van der Waals surface area contributed by atoms with E-state index in [9.17, 15) is 9.18 Å². The molecular weight excluding hydrogens is 371 g/mol. The molecule has 0 bridgehead atoms. The molecule has 0 aliphatic heterocycles. The number of amides is 1. The van der Waals surface area contributed by atoms with Gasteiger partial charge in [0.25, 0.3) is 5.91 Å². The molecule has 0 aliphatic rings. The van der Waals surface area contributed by atoms with E-state index in [-0.39, 0.29) is 5.91 Å². The van der Waals surface area contributed by atoms with Crippen molar-refractivity contribution in [2.75, 3.05) is 19.4 Å². The first kappa shape index (κ1) is 18.5. The van der Waals surface area contributed by atoms with Gasteiger partial charge in [0.1, 0.15) is 5.69 Å². The zero-order chi connectivity index (χ0) is 20.5. The van der Waals surface area contributed by atoms with Gasteiger partial charge in [-0.2, -0.15) is 4.39 Å². The Balaban J connectivity index is 1.66. The molecular formula is C21H19FN6O. The molecule has 146 valence electrons. The Hall–Kier alpha value is -3.81. The van der Waals surface area contributed by atoms with Gasteiger partial charge in [0, 0.05) is 36.9 Å². The zero-order valence-electron chi connectivity index (χ0n) is 16.2. The van der Waals surface area contributed by atoms with Gasteiger partial charge in [0.05, 0.1) is 11.4 Å². The number of carbonyl (C=O) groups excluding carboxylic acids is 1. The number of aryl methyl sites for hydroxylation is 1. The highest BCUT2D eigenvalue weighted by Gasteiger charge is 2.13. The number of benzene rings is 1. The van der Waals surface area contributed by atoms with Crippen LogP contribution in [0.5, 0.6) is 0 Å². The van der Waals surface area contributed by atoms with E-state index in [1.807, 2.05) is 25.1 Å². The highest BCUT2D eigenvalue weighted by molar-refractivity contribution is 5.99. The summed E-state index contributed by atoms with van der Waals surface area (Å²) in [7, 11) is 3.43. The van der Waals surface area contributed by atoms with E-state index in [2.05, 4.69) is 25.3 Å². The summed E-state index contributed by atoms with van der Waals surface area (Å²) in [6.07, 6.45) is 1.59. The quantitative estimate of drug-likeness (QED) is 0.516. The van der Waals surface area contributed by atoms with Crippen LogP contribution in [0.1, 0.15) is 16.1 Å². The molecule has 1 amide bonds. The minimum absolute atomic E-state index is 0.0891. The molecule has 0 saturated carbocycles. The molecule has 3 aromatic heterocycles. The molecule has 1 aromatic carbocycles. The summed E-state index contributed by atoms with van der Waals surface area (Å²) in [5.41, 5.74) is 4.13. The Morgan fingerprint density at radius 1 is 1.10 bits per heavy atom. The number of nitrogens with one attached hydrogen (secondary N) is 2. The monoisotopic (exact) mass is 390 g/mol. The number of hydrogen-bond acceptors (Lipinski definition) is 5. The largest absolute Gasteiger partial charge is 0.350 e. The second-order valence-corrected chi connectivity index (χ2v) is 6.88. The van der Waals surface area contributed by atoms with Gasteiger partial charge in [-0.25, -0.2) is 15.0 Å². The van der Waals surface area contributed by atoms with Crippen LogP contribution in [-0.4, -0.2) is 44.8 Å². The second-order valence-electron chi connectivity index (χ2n) is 6.88. The Kier molecular flexibility index (Phi) is 4.67. The maximum Gasteiger partial charge on any atom is 0.269 e. The van der Waals surface area contributed by atoms with Gasteiger partial charge in [0.2, 0.25) is 11.9 Å². The number of halogens is 1. The highest BCUT2D eigenvalue weighted by atomic mass is 19.1. The number of pyridine rings is 1. The van der Waals surface area contributed by atoms with Crippen LogP contribution in [-0.2, 0) is 0 Å². The number of nitrogens with zero attached hydrogens (tertiary/aromatic N) is 4. The molecule has 2 N–H and O–H groups in total. The van der Waals surface area contributed by atoms with Crippen LogP contribution < -0.4 is 5.32 Å². The summed E-state index contributed by atoms with van der Waals surface area (Å²) in [4.78, 5) is 29.4. The van der Waals surface area contributed by atoms with Crippen molar-refractivity contribution in [3.05, 3.63) is 65.9 Å². The molecule has 8 heteroatoms. The van der Waals surface area contributed by atoms with Gasteiger partial charge < -0.3 is 15.2 Å². The van der Waals surface area contributed by atoms with Crippen molar-refractivity contribution >= 4 is 28.4 Å². The first-order valence-electron chi connectivity index (χ1n) is 8.99. The van der Waals surface area contributed by atoms with Gasteiger partial charge >= 0.3 is 0 Å². The van der Waals surface area contributed by atoms with Crippen LogP contribution in [0.15, 0.2) is 48.7 Å². The van der Waals surface area contributed by atoms with Gasteiger partial charge in [-0.3, -0.25) is 4.79 Å². The molecule has 0 atom stereocenters. The fraction of sp³-hybridized carbons (Fsp3) is 0.143. The van der Waals surface area contributed by atoms with Crippen LogP contribution in [0.2, 0.25) is 0 Å². The third-order valence-corrected chi connectivity index (χ3v) is 4.45. The molecule has 4 aromatic rings. The first-order chi connectivity index (χ1) is 13.9. The summed E-state index contributed by atoms with van der Waals surface area (Å²) >= 11 is 0. The van der Waals surface area contributed by atoms with Crippen LogP contribution in [0.4, 0.5) is 16.0 Å². The predicted molar refractivity (Wildman–Crippen MR) is 110 cm³/mol. The zero-order valence-corrected chi connectivity index (χ0v) is 16.2. The second kappa shape index (κ2) is 7.31. The van der Waals surface area contributed by atoms with Gasteiger partial charge in [-0.1, -0.05) is 6.07 Å². The lowest BCUT2D eigenvalue weighted by molar-refractivity contribution is 0.0823. The third kappa shape index (κ3) is 3.77. The van der Waals surface area contributed by atoms with Crippen LogP contribution in [0.25, 0.3) is 22.3 Å². The van der Waals surface area contributed by atoms with Crippen molar-refractivity contribution in [2.24, 2.45) is 0 Å². The molecule has 0 spiro atoms. The van der Waals surface area contributed by atoms with Crippen molar-refractivity contribution < 1.29 is 9.18 Å². The summed E-state index contributed by atoms with van der Waals surface area (Å²) in [6.45, 7) is 1.96. The van der Waals surface area contributed by atoms with Crippen molar-refractivity contribution in [2.45, 2.75) is 6.92 Å².